The van der Waals surface area contributed by atoms with Crippen LogP contribution in [0, 0.1) is 32.1 Å². The van der Waals surface area contributed by atoms with Crippen LogP contribution in [0.4, 0.5) is 11.5 Å². The molecule has 5 heteroatoms. The van der Waals surface area contributed by atoms with E-state index in [-0.39, 0.29) is 0 Å². The molecule has 0 fully saturated rings. The van der Waals surface area contributed by atoms with Crippen LogP contribution >= 0.6 is 11.6 Å². The molecule has 0 radical (unpaired) electrons. The molecule has 1 heterocycles. The Morgan fingerprint density at radius 3 is 2.63 bits per heavy atom. The smallest absolute Gasteiger partial charge is 0.138 e. The van der Waals surface area contributed by atoms with Gasteiger partial charge in [-0.05, 0) is 32.4 Å². The zero-order valence-corrected chi connectivity index (χ0v) is 11.7. The normalized spacial score (nSPS) is 10.1. The highest BCUT2D eigenvalue weighted by molar-refractivity contribution is 6.30. The van der Waals surface area contributed by atoms with E-state index in [1.165, 1.54) is 0 Å². The molecule has 19 heavy (non-hydrogen) atoms. The predicted molar refractivity (Wildman–Crippen MR) is 75.7 cm³/mol. The van der Waals surface area contributed by atoms with E-state index in [1.807, 2.05) is 32.0 Å². The first-order valence-corrected chi connectivity index (χ1v) is 6.18. The van der Waals surface area contributed by atoms with E-state index in [1.54, 1.807) is 6.92 Å². The van der Waals surface area contributed by atoms with Crippen molar-refractivity contribution >= 4 is 23.1 Å². The number of halogens is 1. The van der Waals surface area contributed by atoms with Crippen LogP contribution in [0.3, 0.4) is 0 Å². The fraction of sp³-hybridized carbons (Fsp3) is 0.214. The van der Waals surface area contributed by atoms with E-state index in [0.717, 1.165) is 16.8 Å². The Kier molecular flexibility index (Phi) is 3.68. The minimum absolute atomic E-state index is 0.418. The van der Waals surface area contributed by atoms with Crippen LogP contribution in [-0.4, -0.2) is 9.97 Å². The molecule has 2 aromatic rings. The van der Waals surface area contributed by atoms with Crippen molar-refractivity contribution in [1.82, 2.24) is 9.97 Å². The number of aryl methyl sites for hydroxylation is 2. The molecular weight excluding hydrogens is 260 g/mol. The van der Waals surface area contributed by atoms with Crippen LogP contribution in [0.15, 0.2) is 18.2 Å². The number of aromatic nitrogens is 2. The predicted octanol–water partition coefficient (Wildman–Crippen LogP) is 3.67. The molecule has 4 nitrogen and oxygen atoms in total. The summed E-state index contributed by atoms with van der Waals surface area (Å²) < 4.78 is 0. The third-order valence-corrected chi connectivity index (χ3v) is 3.20. The first-order valence-electron chi connectivity index (χ1n) is 5.80. The Morgan fingerprint density at radius 2 is 1.95 bits per heavy atom. The van der Waals surface area contributed by atoms with Crippen LogP contribution in [0.2, 0.25) is 5.15 Å². The summed E-state index contributed by atoms with van der Waals surface area (Å²) in [5.41, 5.74) is 3.01. The van der Waals surface area contributed by atoms with Crippen molar-refractivity contribution in [2.45, 2.75) is 20.8 Å². The molecule has 0 saturated carbocycles. The molecule has 0 amide bonds. The Morgan fingerprint density at radius 1 is 1.21 bits per heavy atom. The number of benzene rings is 1. The molecular formula is C14H13ClN4. The van der Waals surface area contributed by atoms with Crippen molar-refractivity contribution in [1.29, 1.82) is 5.26 Å². The van der Waals surface area contributed by atoms with Crippen LogP contribution in [0.1, 0.15) is 22.5 Å². The second kappa shape index (κ2) is 5.25. The lowest BCUT2D eigenvalue weighted by atomic mass is 10.1. The van der Waals surface area contributed by atoms with E-state index in [4.69, 9.17) is 11.6 Å². The Bertz CT molecular complexity index is 674. The third kappa shape index (κ3) is 2.67. The molecule has 96 valence electrons. The maximum Gasteiger partial charge on any atom is 0.138 e. The number of hydrogen-bond donors (Lipinski definition) is 1. The Hall–Kier alpha value is -2.12. The van der Waals surface area contributed by atoms with Crippen molar-refractivity contribution in [3.05, 3.63) is 45.9 Å². The number of nitrogens with one attached hydrogen (secondary N) is 1. The number of nitriles is 1. The zero-order valence-electron chi connectivity index (χ0n) is 11.0. The number of anilines is 2. The molecule has 0 aliphatic rings. The average Bonchev–Trinajstić information content (AvgIpc) is 2.35. The van der Waals surface area contributed by atoms with Gasteiger partial charge in [0.25, 0.3) is 0 Å². The van der Waals surface area contributed by atoms with Crippen LogP contribution in [0.5, 0.6) is 0 Å². The van der Waals surface area contributed by atoms with Gasteiger partial charge in [0, 0.05) is 5.56 Å². The van der Waals surface area contributed by atoms with Gasteiger partial charge in [0.15, 0.2) is 0 Å². The van der Waals surface area contributed by atoms with Gasteiger partial charge in [-0.2, -0.15) is 5.26 Å². The van der Waals surface area contributed by atoms with Crippen LogP contribution in [0.25, 0.3) is 0 Å². The average molecular weight is 273 g/mol. The van der Waals surface area contributed by atoms with Crippen molar-refractivity contribution in [3.8, 4) is 6.07 Å². The summed E-state index contributed by atoms with van der Waals surface area (Å²) in [7, 11) is 0. The van der Waals surface area contributed by atoms with Gasteiger partial charge in [0.1, 0.15) is 22.9 Å². The van der Waals surface area contributed by atoms with Crippen LogP contribution < -0.4 is 5.32 Å². The molecule has 0 aliphatic heterocycles. The van der Waals surface area contributed by atoms with Gasteiger partial charge >= 0.3 is 0 Å². The van der Waals surface area contributed by atoms with Crippen molar-refractivity contribution in [2.24, 2.45) is 0 Å². The third-order valence-electron chi connectivity index (χ3n) is 2.84. The standard InChI is InChI=1S/C14H13ClN4/c1-8-5-4-6-12(11(8)7-16)19-14-9(2)13(15)17-10(3)18-14/h4-6H,1-3H3,(H,17,18,19). The molecule has 0 spiro atoms. The number of rotatable bonds is 2. The molecule has 0 atom stereocenters. The molecule has 2 rings (SSSR count). The summed E-state index contributed by atoms with van der Waals surface area (Å²) in [5, 5.41) is 12.8. The second-order valence-electron chi connectivity index (χ2n) is 4.27. The summed E-state index contributed by atoms with van der Waals surface area (Å²) in [6, 6.07) is 7.83. The first-order chi connectivity index (χ1) is 9.02. The van der Waals surface area contributed by atoms with Gasteiger partial charge in [0.2, 0.25) is 0 Å². The Balaban J connectivity index is 2.48. The molecule has 0 unspecified atom stereocenters. The van der Waals surface area contributed by atoms with Gasteiger partial charge in [-0.3, -0.25) is 0 Å². The lowest BCUT2D eigenvalue weighted by molar-refractivity contribution is 1.04. The Labute approximate surface area is 117 Å². The zero-order chi connectivity index (χ0) is 14.0. The number of nitrogens with zero attached hydrogens (tertiary/aromatic N) is 3. The maximum absolute atomic E-state index is 9.21. The summed E-state index contributed by atoms with van der Waals surface area (Å²) in [5.74, 6) is 1.21. The van der Waals surface area contributed by atoms with Crippen molar-refractivity contribution in [2.75, 3.05) is 5.32 Å². The molecule has 1 aromatic heterocycles. The molecule has 1 aromatic carbocycles. The molecule has 1 N–H and O–H groups in total. The highest BCUT2D eigenvalue weighted by Crippen LogP contribution is 2.26. The van der Waals surface area contributed by atoms with E-state index >= 15 is 0 Å². The van der Waals surface area contributed by atoms with E-state index < -0.39 is 0 Å². The monoisotopic (exact) mass is 272 g/mol. The minimum atomic E-state index is 0.418. The minimum Gasteiger partial charge on any atom is -0.339 e. The quantitative estimate of drug-likeness (QED) is 0.847. The lowest BCUT2D eigenvalue weighted by Gasteiger charge is -2.12. The summed E-state index contributed by atoms with van der Waals surface area (Å²) in [6.45, 7) is 5.51. The SMILES string of the molecule is Cc1nc(Cl)c(C)c(Nc2cccc(C)c2C#N)n1. The van der Waals surface area contributed by atoms with Gasteiger partial charge in [0.05, 0.1) is 11.3 Å². The van der Waals surface area contributed by atoms with E-state index in [0.29, 0.717) is 22.4 Å². The van der Waals surface area contributed by atoms with Gasteiger partial charge in [-0.25, -0.2) is 9.97 Å². The molecule has 0 saturated heterocycles. The first kappa shape index (κ1) is 13.3. The largest absolute Gasteiger partial charge is 0.339 e. The van der Waals surface area contributed by atoms with Gasteiger partial charge in [-0.15, -0.1) is 0 Å². The van der Waals surface area contributed by atoms with E-state index in [2.05, 4.69) is 21.4 Å². The second-order valence-corrected chi connectivity index (χ2v) is 4.63. The highest BCUT2D eigenvalue weighted by Gasteiger charge is 2.10. The summed E-state index contributed by atoms with van der Waals surface area (Å²) in [4.78, 5) is 8.40. The summed E-state index contributed by atoms with van der Waals surface area (Å²) in [6.07, 6.45) is 0. The van der Waals surface area contributed by atoms with E-state index in [9.17, 15) is 5.26 Å². The van der Waals surface area contributed by atoms with Crippen molar-refractivity contribution in [3.63, 3.8) is 0 Å². The van der Waals surface area contributed by atoms with Crippen molar-refractivity contribution < 1.29 is 0 Å². The molecule has 0 aliphatic carbocycles. The topological polar surface area (TPSA) is 61.6 Å². The van der Waals surface area contributed by atoms with Gasteiger partial charge < -0.3 is 5.32 Å². The maximum atomic E-state index is 9.21. The summed E-state index contributed by atoms with van der Waals surface area (Å²) >= 11 is 6.03. The highest BCUT2D eigenvalue weighted by atomic mass is 35.5. The number of hydrogen-bond acceptors (Lipinski definition) is 4. The lowest BCUT2D eigenvalue weighted by Crippen LogP contribution is -2.03. The fourth-order valence-corrected chi connectivity index (χ4v) is 1.98. The van der Waals surface area contributed by atoms with Gasteiger partial charge in [-0.1, -0.05) is 23.7 Å². The molecule has 0 bridgehead atoms. The fourth-order valence-electron chi connectivity index (χ4n) is 1.76. The van der Waals surface area contributed by atoms with Crippen LogP contribution in [-0.2, 0) is 0 Å².